The fourth-order valence-corrected chi connectivity index (χ4v) is 6.57. The second kappa shape index (κ2) is 19.4. The third-order valence-corrected chi connectivity index (χ3v) is 10.2. The first-order valence-corrected chi connectivity index (χ1v) is 19.2. The lowest BCUT2D eigenvalue weighted by atomic mass is 9.98. The summed E-state index contributed by atoms with van der Waals surface area (Å²) >= 11 is 3.51. The lowest BCUT2D eigenvalue weighted by molar-refractivity contribution is -0.138. The Bertz CT molecular complexity index is 2120. The van der Waals surface area contributed by atoms with Crippen LogP contribution >= 0.6 is 15.9 Å². The first kappa shape index (κ1) is 41.6. The number of H-pyrrole nitrogens is 1. The summed E-state index contributed by atoms with van der Waals surface area (Å²) < 4.78 is 86.4. The number of aromatic nitrogens is 8. The SMILES string of the molecule is BrC1CCOCC1.FC(F)(F)c1ccc(Cc2ccccc2-c2nn[nH]n2)cc1.FC(F)(F)c1ccc(Cc2ccccc2-c2nnn(C3CCOCC3)n2)cc1. The topological polar surface area (TPSA) is 117 Å². The highest BCUT2D eigenvalue weighted by Crippen LogP contribution is 2.32. The fraction of sp³-hybridized carbons (Fsp3) is 0.350. The summed E-state index contributed by atoms with van der Waals surface area (Å²) in [5.41, 5.74) is 3.77. The monoisotopic (exact) mass is 856 g/mol. The Balaban J connectivity index is 0.000000168. The molecule has 2 fully saturated rings. The number of tetrazole rings is 2. The van der Waals surface area contributed by atoms with Crippen molar-refractivity contribution in [1.82, 2.24) is 40.8 Å². The first-order valence-electron chi connectivity index (χ1n) is 18.3. The maximum absolute atomic E-state index is 12.8. The maximum Gasteiger partial charge on any atom is 0.416 e. The highest BCUT2D eigenvalue weighted by molar-refractivity contribution is 9.09. The Morgan fingerprint density at radius 2 is 1.09 bits per heavy atom. The Morgan fingerprint density at radius 1 is 0.614 bits per heavy atom. The molecule has 0 bridgehead atoms. The number of nitrogens with zero attached hydrogens (tertiary/aromatic N) is 7. The molecule has 0 amide bonds. The van der Waals surface area contributed by atoms with Gasteiger partial charge in [0.1, 0.15) is 0 Å². The summed E-state index contributed by atoms with van der Waals surface area (Å²) in [6.45, 7) is 3.25. The molecule has 0 aliphatic carbocycles. The number of rotatable bonds is 7. The smallest absolute Gasteiger partial charge is 0.381 e. The summed E-state index contributed by atoms with van der Waals surface area (Å²) in [6, 6.07) is 25.6. The third-order valence-electron chi connectivity index (χ3n) is 9.31. The standard InChI is InChI=1S/C20H19F3N4O.C15H11F3N4.C5H9BrO/c21-20(22,23)16-7-5-14(6-8-16)13-15-3-1-2-4-18(15)19-24-26-27(25-19)17-9-11-28-12-10-17;16-15(17,18)12-7-5-10(6-8-12)9-11-3-1-2-4-13(11)14-19-21-22-20-14;6-5-1-3-7-4-2-5/h1-8,17H,9-13H2;1-8H,9H2,(H,19,20,21,22);5H,1-4H2. The molecule has 8 rings (SSSR count). The van der Waals surface area contributed by atoms with Gasteiger partial charge in [0.25, 0.3) is 0 Å². The van der Waals surface area contributed by atoms with Crippen LogP contribution in [0.3, 0.4) is 0 Å². The Morgan fingerprint density at radius 3 is 1.53 bits per heavy atom. The molecule has 57 heavy (non-hydrogen) atoms. The van der Waals surface area contributed by atoms with Crippen LogP contribution in [0.4, 0.5) is 26.3 Å². The van der Waals surface area contributed by atoms with E-state index in [-0.39, 0.29) is 6.04 Å². The van der Waals surface area contributed by atoms with Crippen LogP contribution in [0.1, 0.15) is 65.1 Å². The van der Waals surface area contributed by atoms with Crippen molar-refractivity contribution in [3.8, 4) is 22.8 Å². The molecule has 2 aliphatic heterocycles. The molecule has 1 N–H and O–H groups in total. The van der Waals surface area contributed by atoms with Gasteiger partial charge in [-0.15, -0.1) is 20.4 Å². The van der Waals surface area contributed by atoms with Crippen molar-refractivity contribution in [2.45, 2.75) is 61.7 Å². The van der Waals surface area contributed by atoms with E-state index in [1.165, 1.54) is 37.1 Å². The van der Waals surface area contributed by atoms with Crippen LogP contribution in [0.25, 0.3) is 22.8 Å². The lowest BCUT2D eigenvalue weighted by Gasteiger charge is -2.20. The molecule has 10 nitrogen and oxygen atoms in total. The Kier molecular flexibility index (Phi) is 14.2. The van der Waals surface area contributed by atoms with E-state index in [2.05, 4.69) is 52.0 Å². The predicted octanol–water partition coefficient (Wildman–Crippen LogP) is 9.34. The van der Waals surface area contributed by atoms with E-state index in [0.717, 1.165) is 88.5 Å². The summed E-state index contributed by atoms with van der Waals surface area (Å²) in [6.07, 6.45) is -3.61. The molecule has 4 heterocycles. The molecular weight excluding hydrogens is 818 g/mol. The maximum atomic E-state index is 12.8. The van der Waals surface area contributed by atoms with E-state index in [9.17, 15) is 26.3 Å². The third kappa shape index (κ3) is 12.0. The van der Waals surface area contributed by atoms with Gasteiger partial charge in [-0.05, 0) is 95.5 Å². The highest BCUT2D eigenvalue weighted by atomic mass is 79.9. The molecule has 6 aromatic rings. The summed E-state index contributed by atoms with van der Waals surface area (Å²) in [5, 5.41) is 26.7. The van der Waals surface area contributed by atoms with Crippen molar-refractivity contribution in [3.63, 3.8) is 0 Å². The highest BCUT2D eigenvalue weighted by Gasteiger charge is 2.31. The zero-order valence-electron chi connectivity index (χ0n) is 30.6. The molecule has 2 saturated heterocycles. The second-order valence-corrected chi connectivity index (χ2v) is 14.7. The number of hydrogen-bond donors (Lipinski definition) is 1. The number of benzene rings is 4. The minimum Gasteiger partial charge on any atom is -0.381 e. The van der Waals surface area contributed by atoms with Crippen LogP contribution in [0, 0.1) is 0 Å². The van der Waals surface area contributed by atoms with Crippen LogP contribution in [0.15, 0.2) is 97.1 Å². The lowest BCUT2D eigenvalue weighted by Crippen LogP contribution is -2.21. The van der Waals surface area contributed by atoms with Crippen molar-refractivity contribution in [3.05, 3.63) is 130 Å². The van der Waals surface area contributed by atoms with Crippen molar-refractivity contribution < 1.29 is 35.8 Å². The van der Waals surface area contributed by atoms with Crippen molar-refractivity contribution in [2.75, 3.05) is 26.4 Å². The van der Waals surface area contributed by atoms with Crippen molar-refractivity contribution >= 4 is 15.9 Å². The van der Waals surface area contributed by atoms with Gasteiger partial charge in [-0.3, -0.25) is 0 Å². The van der Waals surface area contributed by atoms with Crippen molar-refractivity contribution in [2.24, 2.45) is 0 Å². The van der Waals surface area contributed by atoms with Crippen LogP contribution < -0.4 is 0 Å². The minimum absolute atomic E-state index is 0.178. The van der Waals surface area contributed by atoms with E-state index in [0.29, 0.717) is 37.7 Å². The van der Waals surface area contributed by atoms with Gasteiger partial charge >= 0.3 is 12.4 Å². The van der Waals surface area contributed by atoms with Gasteiger partial charge in [-0.1, -0.05) is 88.7 Å². The molecule has 0 spiro atoms. The van der Waals surface area contributed by atoms with Gasteiger partial charge in [-0.25, -0.2) is 0 Å². The Hall–Kier alpha value is -5.00. The molecule has 0 saturated carbocycles. The molecule has 4 aromatic carbocycles. The molecule has 0 atom stereocenters. The molecule has 2 aliphatic rings. The Labute approximate surface area is 333 Å². The average molecular weight is 858 g/mol. The fourth-order valence-electron chi connectivity index (χ4n) is 6.20. The summed E-state index contributed by atoms with van der Waals surface area (Å²) in [7, 11) is 0. The van der Waals surface area contributed by atoms with Gasteiger partial charge in [-0.2, -0.15) is 36.4 Å². The number of nitrogens with one attached hydrogen (secondary N) is 1. The van der Waals surface area contributed by atoms with E-state index in [1.54, 1.807) is 4.80 Å². The molecule has 0 radical (unpaired) electrons. The van der Waals surface area contributed by atoms with E-state index in [1.807, 2.05) is 48.5 Å². The number of alkyl halides is 7. The summed E-state index contributed by atoms with van der Waals surface area (Å²) in [5.74, 6) is 0.983. The van der Waals surface area contributed by atoms with E-state index >= 15 is 0 Å². The van der Waals surface area contributed by atoms with Gasteiger partial charge in [0.15, 0.2) is 0 Å². The first-order chi connectivity index (χ1) is 27.4. The zero-order chi connectivity index (χ0) is 40.3. The normalized spacial score (nSPS) is 15.3. The van der Waals surface area contributed by atoms with Gasteiger partial charge < -0.3 is 9.47 Å². The van der Waals surface area contributed by atoms with Crippen LogP contribution in [-0.2, 0) is 34.7 Å². The quantitative estimate of drug-likeness (QED) is 0.125. The van der Waals surface area contributed by atoms with Gasteiger partial charge in [0, 0.05) is 42.4 Å². The number of ether oxygens (including phenoxy) is 2. The minimum atomic E-state index is -4.33. The predicted molar refractivity (Wildman–Crippen MR) is 203 cm³/mol. The zero-order valence-corrected chi connectivity index (χ0v) is 32.1. The number of halogens is 7. The number of aromatic amines is 1. The van der Waals surface area contributed by atoms with Gasteiger partial charge in [0.2, 0.25) is 11.6 Å². The molecule has 17 heteroatoms. The van der Waals surface area contributed by atoms with Gasteiger partial charge in [0.05, 0.1) is 17.2 Å². The van der Waals surface area contributed by atoms with Crippen LogP contribution in [0.2, 0.25) is 0 Å². The molecular formula is C40H39BrF6N8O2. The van der Waals surface area contributed by atoms with E-state index < -0.39 is 23.5 Å². The summed E-state index contributed by atoms with van der Waals surface area (Å²) in [4.78, 5) is 2.37. The largest absolute Gasteiger partial charge is 0.416 e. The average Bonchev–Trinajstić information content (AvgIpc) is 3.94. The molecule has 0 unspecified atom stereocenters. The molecule has 2 aromatic heterocycles. The molecule has 300 valence electrons. The van der Waals surface area contributed by atoms with Crippen LogP contribution in [0.5, 0.6) is 0 Å². The van der Waals surface area contributed by atoms with Crippen LogP contribution in [-0.4, -0.2) is 72.1 Å². The second-order valence-electron chi connectivity index (χ2n) is 13.4. The van der Waals surface area contributed by atoms with Crippen molar-refractivity contribution in [1.29, 1.82) is 0 Å². The van der Waals surface area contributed by atoms with E-state index in [4.69, 9.17) is 9.47 Å². The number of hydrogen-bond acceptors (Lipinski definition) is 8.